The van der Waals surface area contributed by atoms with Gasteiger partial charge in [0.25, 0.3) is 0 Å². The second-order valence-electron chi connectivity index (χ2n) is 9.87. The van der Waals surface area contributed by atoms with Gasteiger partial charge in [-0.2, -0.15) is 15.3 Å². The quantitative estimate of drug-likeness (QED) is 0.179. The maximum atomic E-state index is 14.3. The summed E-state index contributed by atoms with van der Waals surface area (Å²) >= 11 is 6.12. The van der Waals surface area contributed by atoms with Crippen molar-refractivity contribution in [1.82, 2.24) is 20.4 Å². The van der Waals surface area contributed by atoms with Crippen LogP contribution in [-0.4, -0.2) is 20.4 Å². The number of halogens is 5. The van der Waals surface area contributed by atoms with E-state index in [0.29, 0.717) is 33.8 Å². The predicted molar refractivity (Wildman–Crippen MR) is 178 cm³/mol. The van der Waals surface area contributed by atoms with E-state index < -0.39 is 23.3 Å². The molecule has 236 valence electrons. The highest BCUT2D eigenvalue weighted by Crippen LogP contribution is 2.40. The molecule has 0 unspecified atom stereocenters. The molecule has 46 heavy (non-hydrogen) atoms. The largest absolute Gasteiger partial charge is 0.206 e. The third-order valence-corrected chi connectivity index (χ3v) is 7.24. The Hall–Kier alpha value is -4.95. The molecular formula is C37H33ClF4N4. The van der Waals surface area contributed by atoms with Crippen molar-refractivity contribution in [3.63, 3.8) is 0 Å². The van der Waals surface area contributed by atoms with E-state index in [2.05, 4.69) is 20.4 Å². The van der Waals surface area contributed by atoms with E-state index in [9.17, 15) is 17.6 Å². The second-order valence-corrected chi connectivity index (χ2v) is 10.2. The SMILES string of the molecule is C.C.Cc1nnc(C)c(-c2c(F)cccc2F)c1-c1ccccc1.Cc1nnc(Cl)c(-c2c(F)cccc2F)c1-c1ccccc1. The molecule has 9 heteroatoms. The fourth-order valence-corrected chi connectivity index (χ4v) is 5.26. The number of hydrogen-bond acceptors (Lipinski definition) is 4. The van der Waals surface area contributed by atoms with E-state index >= 15 is 0 Å². The number of aromatic nitrogens is 4. The van der Waals surface area contributed by atoms with Crippen molar-refractivity contribution in [3.8, 4) is 44.5 Å². The molecule has 0 aliphatic carbocycles. The van der Waals surface area contributed by atoms with Crippen LogP contribution in [0.3, 0.4) is 0 Å². The Bertz CT molecular complexity index is 1770. The van der Waals surface area contributed by atoms with Gasteiger partial charge < -0.3 is 0 Å². The highest BCUT2D eigenvalue weighted by atomic mass is 35.5. The Labute approximate surface area is 271 Å². The van der Waals surface area contributed by atoms with E-state index in [0.717, 1.165) is 11.1 Å². The van der Waals surface area contributed by atoms with E-state index in [1.165, 1.54) is 36.4 Å². The van der Waals surface area contributed by atoms with Gasteiger partial charge in [0.15, 0.2) is 5.15 Å². The van der Waals surface area contributed by atoms with Crippen molar-refractivity contribution in [2.75, 3.05) is 0 Å². The molecule has 0 radical (unpaired) electrons. The molecule has 2 heterocycles. The summed E-state index contributed by atoms with van der Waals surface area (Å²) in [6.45, 7) is 5.23. The van der Waals surface area contributed by atoms with Crippen molar-refractivity contribution in [1.29, 1.82) is 0 Å². The maximum Gasteiger partial charge on any atom is 0.160 e. The summed E-state index contributed by atoms with van der Waals surface area (Å²) in [5.41, 5.74) is 5.01. The molecule has 0 saturated carbocycles. The summed E-state index contributed by atoms with van der Waals surface area (Å²) < 4.78 is 56.9. The molecule has 0 spiro atoms. The first-order valence-corrected chi connectivity index (χ1v) is 13.9. The molecule has 0 aliphatic rings. The third kappa shape index (κ3) is 7.13. The molecule has 0 N–H and O–H groups in total. The van der Waals surface area contributed by atoms with Crippen LogP contribution >= 0.6 is 11.6 Å². The standard InChI is InChI=1S/C18H14F2N2.C17H11ClF2N2.2CH4/c1-11-16(13-7-4-3-5-8-13)17(12(2)22-21-11)18-14(19)9-6-10-15(18)20;1-10-14(11-6-3-2-4-7-11)16(17(18)22-21-10)15-12(19)8-5-9-13(15)20;;/h3-10H,1-2H3;2-9H,1H3;2*1H4. The Morgan fingerprint density at radius 2 is 0.717 bits per heavy atom. The monoisotopic (exact) mass is 644 g/mol. The molecular weight excluding hydrogens is 612 g/mol. The van der Waals surface area contributed by atoms with Gasteiger partial charge in [-0.1, -0.05) is 99.3 Å². The maximum absolute atomic E-state index is 14.3. The van der Waals surface area contributed by atoms with E-state index in [-0.39, 0.29) is 36.7 Å². The molecule has 6 rings (SSSR count). The summed E-state index contributed by atoms with van der Waals surface area (Å²) in [5, 5.41) is 15.9. The van der Waals surface area contributed by atoms with Gasteiger partial charge in [-0.3, -0.25) is 0 Å². The molecule has 6 aromatic rings. The zero-order valence-electron chi connectivity index (χ0n) is 23.9. The normalized spacial score (nSPS) is 10.3. The Kier molecular flexibility index (Phi) is 11.9. The Balaban J connectivity index is 0.000000240. The van der Waals surface area contributed by atoms with Crippen molar-refractivity contribution in [2.45, 2.75) is 35.6 Å². The van der Waals surface area contributed by atoms with Crippen LogP contribution in [0, 0.1) is 44.0 Å². The molecule has 0 saturated heterocycles. The summed E-state index contributed by atoms with van der Waals surface area (Å²) in [5.74, 6) is -2.58. The number of rotatable bonds is 4. The fraction of sp³-hybridized carbons (Fsp3) is 0.135. The highest BCUT2D eigenvalue weighted by molar-refractivity contribution is 6.32. The van der Waals surface area contributed by atoms with E-state index in [1.807, 2.05) is 60.7 Å². The predicted octanol–water partition coefficient (Wildman–Crippen LogP) is 11.0. The average Bonchev–Trinajstić information content (AvgIpc) is 3.01. The van der Waals surface area contributed by atoms with Gasteiger partial charge in [-0.25, -0.2) is 17.6 Å². The van der Waals surface area contributed by atoms with Crippen molar-refractivity contribution in [2.24, 2.45) is 0 Å². The molecule has 4 nitrogen and oxygen atoms in total. The van der Waals surface area contributed by atoms with Crippen molar-refractivity contribution < 1.29 is 17.6 Å². The number of hydrogen-bond donors (Lipinski definition) is 0. The van der Waals surface area contributed by atoms with Gasteiger partial charge in [-0.15, -0.1) is 5.10 Å². The van der Waals surface area contributed by atoms with Gasteiger partial charge in [0, 0.05) is 22.3 Å². The molecule has 0 fully saturated rings. The minimum Gasteiger partial charge on any atom is -0.206 e. The minimum absolute atomic E-state index is 0. The van der Waals surface area contributed by atoms with Crippen LogP contribution in [-0.2, 0) is 0 Å². The molecule has 4 aromatic carbocycles. The van der Waals surface area contributed by atoms with Gasteiger partial charge in [-0.05, 0) is 56.2 Å². The molecule has 0 atom stereocenters. The van der Waals surface area contributed by atoms with Crippen LogP contribution in [0.2, 0.25) is 5.15 Å². The number of benzene rings is 4. The van der Waals surface area contributed by atoms with Crippen LogP contribution in [0.15, 0.2) is 97.1 Å². The molecule has 0 aliphatic heterocycles. The third-order valence-electron chi connectivity index (χ3n) is 6.98. The number of aryl methyl sites for hydroxylation is 3. The molecule has 2 aromatic heterocycles. The Morgan fingerprint density at radius 3 is 1.13 bits per heavy atom. The van der Waals surface area contributed by atoms with E-state index in [1.54, 1.807) is 20.8 Å². The van der Waals surface area contributed by atoms with Gasteiger partial charge in [0.1, 0.15) is 23.3 Å². The van der Waals surface area contributed by atoms with Crippen molar-refractivity contribution in [3.05, 3.63) is 143 Å². The fourth-order valence-electron chi connectivity index (χ4n) is 5.04. The number of nitrogens with zero attached hydrogens (tertiary/aromatic N) is 4. The smallest absolute Gasteiger partial charge is 0.160 e. The second kappa shape index (κ2) is 15.4. The topological polar surface area (TPSA) is 51.6 Å². The van der Waals surface area contributed by atoms with Gasteiger partial charge in [0.2, 0.25) is 0 Å². The van der Waals surface area contributed by atoms with Crippen LogP contribution in [0.1, 0.15) is 31.9 Å². The van der Waals surface area contributed by atoms with Gasteiger partial charge >= 0.3 is 0 Å². The van der Waals surface area contributed by atoms with Crippen LogP contribution < -0.4 is 0 Å². The first-order valence-electron chi connectivity index (χ1n) is 13.5. The molecule has 0 bridgehead atoms. The summed E-state index contributed by atoms with van der Waals surface area (Å²) in [6, 6.07) is 26.2. The average molecular weight is 645 g/mol. The van der Waals surface area contributed by atoms with E-state index in [4.69, 9.17) is 11.6 Å². The summed E-state index contributed by atoms with van der Waals surface area (Å²) in [7, 11) is 0. The minimum atomic E-state index is -0.688. The van der Waals surface area contributed by atoms with Crippen LogP contribution in [0.4, 0.5) is 17.6 Å². The first-order chi connectivity index (χ1) is 21.2. The lowest BCUT2D eigenvalue weighted by Gasteiger charge is -2.15. The molecule has 0 amide bonds. The lowest BCUT2D eigenvalue weighted by molar-refractivity contribution is 0.588. The zero-order chi connectivity index (χ0) is 31.4. The van der Waals surface area contributed by atoms with Gasteiger partial charge in [0.05, 0.1) is 28.2 Å². The Morgan fingerprint density at radius 1 is 0.391 bits per heavy atom. The van der Waals surface area contributed by atoms with Crippen LogP contribution in [0.25, 0.3) is 44.5 Å². The zero-order valence-corrected chi connectivity index (χ0v) is 24.7. The summed E-state index contributed by atoms with van der Waals surface area (Å²) in [6.07, 6.45) is 0. The lowest BCUT2D eigenvalue weighted by atomic mass is 9.92. The van der Waals surface area contributed by atoms with Crippen LogP contribution in [0.5, 0.6) is 0 Å². The first kappa shape index (κ1) is 35.5. The van der Waals surface area contributed by atoms with Crippen molar-refractivity contribution >= 4 is 11.6 Å². The summed E-state index contributed by atoms with van der Waals surface area (Å²) in [4.78, 5) is 0. The highest BCUT2D eigenvalue weighted by Gasteiger charge is 2.23. The lowest BCUT2D eigenvalue weighted by Crippen LogP contribution is -2.02.